The molecule has 232 valence electrons. The fourth-order valence-corrected chi connectivity index (χ4v) is 4.69. The summed E-state index contributed by atoms with van der Waals surface area (Å²) in [6, 6.07) is 0. The molecule has 0 aromatic carbocycles. The normalized spacial score (nSPS) is 40.8. The Morgan fingerprint density at radius 1 is 0.951 bits per heavy atom. The second kappa shape index (κ2) is 17.1. The SMILES string of the molecule is CC[C@@H]1C/C=C(C)/C=C(\C)[C@H](O)[C@@H](CC)/C=C(\C)[C@@H](O)C/C=C/C=C(\CO[C@@H]2O[C@H](CO)[C@@H](O)[C@H](O)[C@@H]2O)C(=O)O1. The van der Waals surface area contributed by atoms with E-state index in [9.17, 15) is 35.4 Å². The zero-order valence-electron chi connectivity index (χ0n) is 24.7. The van der Waals surface area contributed by atoms with E-state index >= 15 is 0 Å². The van der Waals surface area contributed by atoms with E-state index in [1.165, 1.54) is 6.08 Å². The highest BCUT2D eigenvalue weighted by Crippen LogP contribution is 2.24. The number of rotatable bonds is 6. The summed E-state index contributed by atoms with van der Waals surface area (Å²) < 4.78 is 16.7. The van der Waals surface area contributed by atoms with Gasteiger partial charge in [-0.1, -0.05) is 49.8 Å². The Kier molecular flexibility index (Phi) is 14.6. The Morgan fingerprint density at radius 3 is 2.29 bits per heavy atom. The van der Waals surface area contributed by atoms with Gasteiger partial charge in [-0.3, -0.25) is 0 Å². The molecule has 2 heterocycles. The molecule has 2 rings (SSSR count). The summed E-state index contributed by atoms with van der Waals surface area (Å²) in [5, 5.41) is 61.4. The van der Waals surface area contributed by atoms with Gasteiger partial charge in [0.05, 0.1) is 31.0 Å². The van der Waals surface area contributed by atoms with Crippen molar-refractivity contribution in [2.45, 2.75) is 109 Å². The summed E-state index contributed by atoms with van der Waals surface area (Å²) >= 11 is 0. The zero-order valence-corrected chi connectivity index (χ0v) is 24.7. The number of aliphatic hydroxyl groups excluding tert-OH is 6. The molecule has 0 spiro atoms. The van der Waals surface area contributed by atoms with E-state index in [1.54, 1.807) is 12.2 Å². The Hall–Kier alpha value is -2.15. The van der Waals surface area contributed by atoms with Crippen LogP contribution in [0.3, 0.4) is 0 Å². The van der Waals surface area contributed by atoms with Crippen LogP contribution in [0.2, 0.25) is 0 Å². The van der Waals surface area contributed by atoms with E-state index in [4.69, 9.17) is 14.2 Å². The third kappa shape index (κ3) is 10.3. The highest BCUT2D eigenvalue weighted by atomic mass is 16.7. The Bertz CT molecular complexity index is 995. The predicted molar refractivity (Wildman–Crippen MR) is 153 cm³/mol. The highest BCUT2D eigenvalue weighted by molar-refractivity contribution is 5.89. The molecule has 1 fully saturated rings. The van der Waals surface area contributed by atoms with Gasteiger partial charge in [-0.15, -0.1) is 0 Å². The minimum Gasteiger partial charge on any atom is -0.459 e. The molecule has 2 aliphatic heterocycles. The monoisotopic (exact) mass is 580 g/mol. The quantitative estimate of drug-likeness (QED) is 0.202. The Morgan fingerprint density at radius 2 is 1.66 bits per heavy atom. The van der Waals surface area contributed by atoms with Gasteiger partial charge in [0, 0.05) is 12.3 Å². The van der Waals surface area contributed by atoms with E-state index in [2.05, 4.69) is 0 Å². The molecular formula is C31H48O10. The molecule has 1 saturated heterocycles. The molecule has 0 aromatic rings. The van der Waals surface area contributed by atoms with Crippen molar-refractivity contribution in [3.05, 3.63) is 58.7 Å². The molecule has 0 saturated carbocycles. The number of aliphatic hydroxyl groups is 6. The van der Waals surface area contributed by atoms with Gasteiger partial charge in [-0.25, -0.2) is 4.79 Å². The van der Waals surface area contributed by atoms with Gasteiger partial charge in [-0.2, -0.15) is 0 Å². The summed E-state index contributed by atoms with van der Waals surface area (Å²) in [5.74, 6) is -0.810. The van der Waals surface area contributed by atoms with E-state index in [-0.39, 0.29) is 24.5 Å². The molecule has 41 heavy (non-hydrogen) atoms. The van der Waals surface area contributed by atoms with Gasteiger partial charge >= 0.3 is 5.97 Å². The van der Waals surface area contributed by atoms with Crippen molar-refractivity contribution in [3.8, 4) is 0 Å². The van der Waals surface area contributed by atoms with Crippen LogP contribution < -0.4 is 0 Å². The van der Waals surface area contributed by atoms with E-state index in [0.29, 0.717) is 19.3 Å². The lowest BCUT2D eigenvalue weighted by Crippen LogP contribution is -2.59. The number of allylic oxidation sites excluding steroid dienone is 4. The first-order valence-electron chi connectivity index (χ1n) is 14.3. The van der Waals surface area contributed by atoms with E-state index in [0.717, 1.165) is 16.7 Å². The number of carbonyl (C=O) groups excluding carboxylic acids is 1. The largest absolute Gasteiger partial charge is 0.459 e. The molecular weight excluding hydrogens is 532 g/mol. The predicted octanol–water partition coefficient (Wildman–Crippen LogP) is 1.99. The number of esters is 1. The van der Waals surface area contributed by atoms with E-state index < -0.39 is 61.6 Å². The lowest BCUT2D eigenvalue weighted by molar-refractivity contribution is -0.299. The Labute approximate surface area is 242 Å². The van der Waals surface area contributed by atoms with Gasteiger partial charge in [0.15, 0.2) is 6.29 Å². The number of hydrogen-bond donors (Lipinski definition) is 6. The van der Waals surface area contributed by atoms with Crippen LogP contribution in [-0.4, -0.2) is 98.8 Å². The first-order chi connectivity index (χ1) is 19.4. The van der Waals surface area contributed by atoms with Crippen LogP contribution in [0.4, 0.5) is 0 Å². The number of ether oxygens (including phenoxy) is 3. The summed E-state index contributed by atoms with van der Waals surface area (Å²) in [6.45, 7) is 8.53. The standard InChI is InChI=1S/C31H48O10/c1-6-21-15-19(4)24(33)11-9-8-10-22(17-39-31-29(37)28(36)27(35)25(16-32)41-31)30(38)40-23(7-2)13-12-18(3)14-20(5)26(21)34/h8-10,12,14-15,21,23-29,31-37H,6-7,11,13,16-17H2,1-5H3/b9-8+,18-12+,19-15+,20-14+,22-10+/t21-,23+,24-,25+,26-,27+,28-,29-,31+/m0/s1. The zero-order chi connectivity index (χ0) is 30.7. The third-order valence-electron chi connectivity index (χ3n) is 7.54. The number of carbonyl (C=O) groups is 1. The molecule has 9 atom stereocenters. The van der Waals surface area contributed by atoms with E-state index in [1.807, 2.05) is 52.8 Å². The van der Waals surface area contributed by atoms with Crippen molar-refractivity contribution in [3.63, 3.8) is 0 Å². The Balaban J connectivity index is 2.34. The summed E-state index contributed by atoms with van der Waals surface area (Å²) in [4.78, 5) is 13.2. The third-order valence-corrected chi connectivity index (χ3v) is 7.54. The molecule has 10 heteroatoms. The lowest BCUT2D eigenvalue weighted by Gasteiger charge is -2.39. The molecule has 0 unspecified atom stereocenters. The van der Waals surface area contributed by atoms with Crippen LogP contribution in [0, 0.1) is 5.92 Å². The van der Waals surface area contributed by atoms with Crippen molar-refractivity contribution in [2.75, 3.05) is 13.2 Å². The molecule has 0 radical (unpaired) electrons. The maximum atomic E-state index is 13.2. The second-order valence-corrected chi connectivity index (χ2v) is 10.8. The van der Waals surface area contributed by atoms with Crippen LogP contribution >= 0.6 is 0 Å². The van der Waals surface area contributed by atoms with Gasteiger partial charge in [0.1, 0.15) is 30.5 Å². The van der Waals surface area contributed by atoms with Crippen LogP contribution in [-0.2, 0) is 19.0 Å². The van der Waals surface area contributed by atoms with Crippen molar-refractivity contribution >= 4 is 5.97 Å². The molecule has 0 aliphatic carbocycles. The lowest BCUT2D eigenvalue weighted by atomic mass is 9.90. The second-order valence-electron chi connectivity index (χ2n) is 10.8. The molecule has 0 bridgehead atoms. The first-order valence-corrected chi connectivity index (χ1v) is 14.3. The number of cyclic esters (lactones) is 1. The maximum absolute atomic E-state index is 13.2. The smallest absolute Gasteiger partial charge is 0.336 e. The summed E-state index contributed by atoms with van der Waals surface area (Å²) in [7, 11) is 0. The average Bonchev–Trinajstić information content (AvgIpc) is 2.95. The summed E-state index contributed by atoms with van der Waals surface area (Å²) in [6.07, 6.45) is 3.25. The van der Waals surface area contributed by atoms with Crippen LogP contribution in [0.1, 0.15) is 60.3 Å². The maximum Gasteiger partial charge on any atom is 0.336 e. The number of hydrogen-bond acceptors (Lipinski definition) is 10. The van der Waals surface area contributed by atoms with Crippen molar-refractivity contribution in [1.82, 2.24) is 0 Å². The topological polar surface area (TPSA) is 166 Å². The summed E-state index contributed by atoms with van der Waals surface area (Å²) in [5.41, 5.74) is 2.54. The highest BCUT2D eigenvalue weighted by Gasteiger charge is 2.44. The minimum absolute atomic E-state index is 0.102. The van der Waals surface area contributed by atoms with Gasteiger partial charge in [0.2, 0.25) is 0 Å². The van der Waals surface area contributed by atoms with Gasteiger partial charge in [-0.05, 0) is 57.3 Å². The molecule has 10 nitrogen and oxygen atoms in total. The molecule has 6 N–H and O–H groups in total. The fourth-order valence-electron chi connectivity index (χ4n) is 4.69. The first kappa shape index (κ1) is 35.0. The minimum atomic E-state index is -1.61. The van der Waals surface area contributed by atoms with Crippen molar-refractivity contribution < 1.29 is 49.6 Å². The van der Waals surface area contributed by atoms with Gasteiger partial charge in [0.25, 0.3) is 0 Å². The van der Waals surface area contributed by atoms with Crippen LogP contribution in [0.15, 0.2) is 58.7 Å². The van der Waals surface area contributed by atoms with Gasteiger partial charge < -0.3 is 44.8 Å². The molecule has 0 amide bonds. The molecule has 0 aromatic heterocycles. The van der Waals surface area contributed by atoms with Crippen molar-refractivity contribution in [2.24, 2.45) is 5.92 Å². The van der Waals surface area contributed by atoms with Crippen molar-refractivity contribution in [1.29, 1.82) is 0 Å². The average molecular weight is 581 g/mol. The molecule has 2 aliphatic rings. The van der Waals surface area contributed by atoms with Crippen LogP contribution in [0.25, 0.3) is 0 Å². The fraction of sp³-hybridized carbons (Fsp3) is 0.645. The van der Waals surface area contributed by atoms with Crippen LogP contribution in [0.5, 0.6) is 0 Å².